The van der Waals surface area contributed by atoms with Gasteiger partial charge in [-0.3, -0.25) is 9.79 Å². The molecule has 29 heavy (non-hydrogen) atoms. The van der Waals surface area contributed by atoms with E-state index in [1.165, 1.54) is 19.3 Å². The minimum atomic E-state index is 0.235. The first kappa shape index (κ1) is 21.3. The number of carbonyl (C=O) groups excluding carboxylic acids is 1. The van der Waals surface area contributed by atoms with Crippen molar-refractivity contribution in [1.82, 2.24) is 15.5 Å². The average molecular weight is 403 g/mol. The summed E-state index contributed by atoms with van der Waals surface area (Å²) in [5.41, 5.74) is 1.08. The van der Waals surface area contributed by atoms with Gasteiger partial charge in [0.15, 0.2) is 17.5 Å². The summed E-state index contributed by atoms with van der Waals surface area (Å²) in [5.74, 6) is 2.76. The van der Waals surface area contributed by atoms with E-state index in [2.05, 4.69) is 15.6 Å². The van der Waals surface area contributed by atoms with Crippen LogP contribution in [0.1, 0.15) is 44.1 Å². The van der Waals surface area contributed by atoms with Gasteiger partial charge in [0.25, 0.3) is 0 Å². The van der Waals surface area contributed by atoms with Gasteiger partial charge in [-0.1, -0.05) is 25.3 Å². The molecule has 0 radical (unpaired) electrons. The maximum atomic E-state index is 12.8. The fourth-order valence-corrected chi connectivity index (χ4v) is 4.25. The van der Waals surface area contributed by atoms with Gasteiger partial charge in [0.05, 0.1) is 14.2 Å². The summed E-state index contributed by atoms with van der Waals surface area (Å²) in [4.78, 5) is 19.1. The molecule has 1 atom stereocenters. The highest BCUT2D eigenvalue weighted by molar-refractivity contribution is 5.81. The van der Waals surface area contributed by atoms with E-state index in [0.717, 1.165) is 43.9 Å². The molecule has 2 aliphatic rings. The van der Waals surface area contributed by atoms with Gasteiger partial charge in [0, 0.05) is 38.6 Å². The fraction of sp³-hybridized carbons (Fsp3) is 0.636. The summed E-state index contributed by atoms with van der Waals surface area (Å²) in [6.45, 7) is 2.21. The molecule has 0 aromatic heterocycles. The van der Waals surface area contributed by atoms with Crippen LogP contribution in [0.2, 0.25) is 0 Å². The minimum absolute atomic E-state index is 0.235. The predicted molar refractivity (Wildman–Crippen MR) is 114 cm³/mol. The number of amides is 1. The Balaban J connectivity index is 1.48. The maximum Gasteiger partial charge on any atom is 0.225 e. The second-order valence-electron chi connectivity index (χ2n) is 7.86. The van der Waals surface area contributed by atoms with Crippen LogP contribution in [0.3, 0.4) is 0 Å². The number of carbonyl (C=O) groups is 1. The van der Waals surface area contributed by atoms with Crippen LogP contribution in [0.25, 0.3) is 0 Å². The number of methoxy groups -OCH3 is 2. The van der Waals surface area contributed by atoms with Gasteiger partial charge in [-0.2, -0.15) is 0 Å². The standard InChI is InChI=1S/C22H34N4O3/c1-23-22(24-14-16-9-10-19(28-2)20(13-16)29-3)25-18-11-12-26(15-18)21(27)17-7-5-4-6-8-17/h9-10,13,17-18H,4-8,11-12,14-15H2,1-3H3,(H2,23,24,25). The Morgan fingerprint density at radius 3 is 2.59 bits per heavy atom. The lowest BCUT2D eigenvalue weighted by Crippen LogP contribution is -2.45. The molecule has 1 aliphatic heterocycles. The Morgan fingerprint density at radius 1 is 1.14 bits per heavy atom. The third-order valence-electron chi connectivity index (χ3n) is 5.93. The molecule has 1 saturated heterocycles. The smallest absolute Gasteiger partial charge is 0.225 e. The van der Waals surface area contributed by atoms with E-state index < -0.39 is 0 Å². The van der Waals surface area contributed by atoms with Gasteiger partial charge >= 0.3 is 0 Å². The van der Waals surface area contributed by atoms with Crippen LogP contribution in [0.5, 0.6) is 11.5 Å². The van der Waals surface area contributed by atoms with Gasteiger partial charge in [-0.15, -0.1) is 0 Å². The quantitative estimate of drug-likeness (QED) is 0.565. The highest BCUT2D eigenvalue weighted by atomic mass is 16.5. The van der Waals surface area contributed by atoms with Gasteiger partial charge in [0.1, 0.15) is 0 Å². The van der Waals surface area contributed by atoms with Gasteiger partial charge in [-0.25, -0.2) is 0 Å². The Morgan fingerprint density at radius 2 is 1.90 bits per heavy atom. The molecule has 2 N–H and O–H groups in total. The van der Waals surface area contributed by atoms with E-state index >= 15 is 0 Å². The zero-order valence-corrected chi connectivity index (χ0v) is 17.9. The number of nitrogens with zero attached hydrogens (tertiary/aromatic N) is 2. The molecular formula is C22H34N4O3. The number of likely N-dealkylation sites (tertiary alicyclic amines) is 1. The number of benzene rings is 1. The van der Waals surface area contributed by atoms with Crippen molar-refractivity contribution in [2.75, 3.05) is 34.4 Å². The van der Waals surface area contributed by atoms with Crippen molar-refractivity contribution in [2.24, 2.45) is 10.9 Å². The van der Waals surface area contributed by atoms with Crippen LogP contribution in [0, 0.1) is 5.92 Å². The fourth-order valence-electron chi connectivity index (χ4n) is 4.25. The molecule has 1 aromatic rings. The second kappa shape index (κ2) is 10.4. The van der Waals surface area contributed by atoms with Crippen molar-refractivity contribution in [3.05, 3.63) is 23.8 Å². The average Bonchev–Trinajstić information content (AvgIpc) is 3.24. The molecule has 1 saturated carbocycles. The van der Waals surface area contributed by atoms with Crippen molar-refractivity contribution in [2.45, 2.75) is 51.1 Å². The highest BCUT2D eigenvalue weighted by Gasteiger charge is 2.31. The molecule has 7 nitrogen and oxygen atoms in total. The number of aliphatic imine (C=N–C) groups is 1. The minimum Gasteiger partial charge on any atom is -0.493 e. The third-order valence-corrected chi connectivity index (χ3v) is 5.93. The molecule has 1 heterocycles. The SMILES string of the molecule is CN=C(NCc1ccc(OC)c(OC)c1)NC1CCN(C(=O)C2CCCCC2)C1. The lowest BCUT2D eigenvalue weighted by Gasteiger charge is -2.26. The maximum absolute atomic E-state index is 12.8. The first-order valence-electron chi connectivity index (χ1n) is 10.6. The number of guanidine groups is 1. The van der Waals surface area contributed by atoms with Gasteiger partial charge in [-0.05, 0) is 37.0 Å². The summed E-state index contributed by atoms with van der Waals surface area (Å²) in [7, 11) is 5.03. The first-order valence-corrected chi connectivity index (χ1v) is 10.6. The predicted octanol–water partition coefficient (Wildman–Crippen LogP) is 2.55. The number of ether oxygens (including phenoxy) is 2. The molecule has 3 rings (SSSR count). The summed E-state index contributed by atoms with van der Waals surface area (Å²) in [5, 5.41) is 6.81. The summed E-state index contributed by atoms with van der Waals surface area (Å²) in [6, 6.07) is 6.10. The van der Waals surface area contributed by atoms with Crippen LogP contribution in [0.15, 0.2) is 23.2 Å². The zero-order chi connectivity index (χ0) is 20.6. The van der Waals surface area contributed by atoms with Gasteiger partial charge in [0.2, 0.25) is 5.91 Å². The van der Waals surface area contributed by atoms with Crippen LogP contribution < -0.4 is 20.1 Å². The Bertz CT molecular complexity index is 716. The number of rotatable bonds is 6. The second-order valence-corrected chi connectivity index (χ2v) is 7.86. The third kappa shape index (κ3) is 5.55. The van der Waals surface area contributed by atoms with Crippen molar-refractivity contribution in [3.8, 4) is 11.5 Å². The van der Waals surface area contributed by atoms with Crippen molar-refractivity contribution >= 4 is 11.9 Å². The van der Waals surface area contributed by atoms with Crippen molar-refractivity contribution < 1.29 is 14.3 Å². The number of nitrogens with one attached hydrogen (secondary N) is 2. The Labute approximate surface area is 173 Å². The van der Waals surface area contributed by atoms with E-state index in [0.29, 0.717) is 24.0 Å². The van der Waals surface area contributed by atoms with Crippen LogP contribution >= 0.6 is 0 Å². The zero-order valence-electron chi connectivity index (χ0n) is 17.9. The van der Waals surface area contributed by atoms with E-state index in [1.807, 2.05) is 23.1 Å². The molecular weight excluding hydrogens is 368 g/mol. The molecule has 2 fully saturated rings. The normalized spacial score (nSPS) is 20.4. The summed E-state index contributed by atoms with van der Waals surface area (Å²) < 4.78 is 10.7. The monoisotopic (exact) mass is 402 g/mol. The van der Waals surface area contributed by atoms with E-state index in [1.54, 1.807) is 21.3 Å². The Hall–Kier alpha value is -2.44. The highest BCUT2D eigenvalue weighted by Crippen LogP contribution is 2.28. The molecule has 160 valence electrons. The summed E-state index contributed by atoms with van der Waals surface area (Å²) in [6.07, 6.45) is 6.73. The molecule has 0 spiro atoms. The van der Waals surface area contributed by atoms with Crippen LogP contribution in [-0.4, -0.2) is 57.2 Å². The number of hydrogen-bond donors (Lipinski definition) is 2. The lowest BCUT2D eigenvalue weighted by molar-refractivity contribution is -0.135. The number of hydrogen-bond acceptors (Lipinski definition) is 4. The topological polar surface area (TPSA) is 75.2 Å². The molecule has 1 aliphatic carbocycles. The molecule has 1 amide bonds. The molecule has 1 aromatic carbocycles. The van der Waals surface area contributed by atoms with Crippen LogP contribution in [-0.2, 0) is 11.3 Å². The Kier molecular flexibility index (Phi) is 7.61. The van der Waals surface area contributed by atoms with Crippen molar-refractivity contribution in [1.29, 1.82) is 0 Å². The van der Waals surface area contributed by atoms with E-state index in [4.69, 9.17) is 9.47 Å². The lowest BCUT2D eigenvalue weighted by atomic mass is 9.88. The van der Waals surface area contributed by atoms with E-state index in [-0.39, 0.29) is 12.0 Å². The molecule has 0 bridgehead atoms. The summed E-state index contributed by atoms with van der Waals surface area (Å²) >= 11 is 0. The van der Waals surface area contributed by atoms with Crippen molar-refractivity contribution in [3.63, 3.8) is 0 Å². The molecule has 7 heteroatoms. The van der Waals surface area contributed by atoms with E-state index in [9.17, 15) is 4.79 Å². The first-order chi connectivity index (χ1) is 14.1. The van der Waals surface area contributed by atoms with Gasteiger partial charge < -0.3 is 25.0 Å². The van der Waals surface area contributed by atoms with Crippen LogP contribution in [0.4, 0.5) is 0 Å². The molecule has 1 unspecified atom stereocenters. The largest absolute Gasteiger partial charge is 0.493 e.